The topological polar surface area (TPSA) is 47.8 Å². The minimum atomic E-state index is 0.0838. The molecule has 1 heterocycles. The van der Waals surface area contributed by atoms with Gasteiger partial charge in [-0.3, -0.25) is 4.79 Å². The van der Waals surface area contributed by atoms with Crippen molar-refractivity contribution in [2.24, 2.45) is 0 Å². The lowest BCUT2D eigenvalue weighted by Crippen LogP contribution is -2.06. The minimum Gasteiger partial charge on any atom is -0.298 e. The van der Waals surface area contributed by atoms with Gasteiger partial charge in [0, 0.05) is 6.20 Å². The Bertz CT molecular complexity index is 192. The molecule has 4 heteroatoms. The molecule has 1 rings (SSSR count). The Balaban J connectivity index is 2.58. The van der Waals surface area contributed by atoms with Gasteiger partial charge in [0.2, 0.25) is 0 Å². The first-order valence-electron chi connectivity index (χ1n) is 2.62. The number of aromatic nitrogens is 3. The van der Waals surface area contributed by atoms with Gasteiger partial charge >= 0.3 is 0 Å². The van der Waals surface area contributed by atoms with Gasteiger partial charge in [-0.1, -0.05) is 5.21 Å². The zero-order chi connectivity index (χ0) is 6.69. The largest absolute Gasteiger partial charge is 0.298 e. The fourth-order valence-electron chi connectivity index (χ4n) is 0.545. The molecule has 48 valence electrons. The normalized spacial score (nSPS) is 9.44. The van der Waals surface area contributed by atoms with Crippen LogP contribution in [0.25, 0.3) is 0 Å². The Kier molecular flexibility index (Phi) is 1.58. The molecule has 0 aliphatic rings. The van der Waals surface area contributed by atoms with Gasteiger partial charge in [0.25, 0.3) is 0 Å². The molecule has 0 saturated heterocycles. The zero-order valence-electron chi connectivity index (χ0n) is 5.11. The van der Waals surface area contributed by atoms with E-state index < -0.39 is 0 Å². The summed E-state index contributed by atoms with van der Waals surface area (Å²) in [5, 5.41) is 7.14. The van der Waals surface area contributed by atoms with Crippen LogP contribution in [0.1, 0.15) is 6.92 Å². The molecule has 0 aliphatic heterocycles. The van der Waals surface area contributed by atoms with Gasteiger partial charge in [-0.25, -0.2) is 4.68 Å². The maximum Gasteiger partial charge on any atom is 0.151 e. The summed E-state index contributed by atoms with van der Waals surface area (Å²) >= 11 is 0. The van der Waals surface area contributed by atoms with E-state index in [0.29, 0.717) is 6.54 Å². The molecule has 0 bridgehead atoms. The predicted octanol–water partition coefficient (Wildman–Crippen LogP) is -0.133. The molecular formula is C5H7N3O. The summed E-state index contributed by atoms with van der Waals surface area (Å²) in [4.78, 5) is 10.4. The molecule has 0 aromatic carbocycles. The molecule has 0 radical (unpaired) electrons. The molecule has 9 heavy (non-hydrogen) atoms. The minimum absolute atomic E-state index is 0.0838. The van der Waals surface area contributed by atoms with Crippen molar-refractivity contribution < 1.29 is 4.79 Å². The summed E-state index contributed by atoms with van der Waals surface area (Å²) in [5.41, 5.74) is 0. The first-order chi connectivity index (χ1) is 4.29. The first kappa shape index (κ1) is 5.94. The number of nitrogens with zero attached hydrogens (tertiary/aromatic N) is 3. The lowest BCUT2D eigenvalue weighted by atomic mass is 10.4. The maximum atomic E-state index is 10.4. The molecule has 1 aromatic rings. The van der Waals surface area contributed by atoms with Crippen molar-refractivity contribution in [1.29, 1.82) is 0 Å². The third kappa shape index (κ3) is 1.64. The van der Waals surface area contributed by atoms with Crippen molar-refractivity contribution in [3.05, 3.63) is 12.4 Å². The monoisotopic (exact) mass is 125 g/mol. The molecule has 0 spiro atoms. The number of carbonyl (C=O) groups is 1. The second-order valence-electron chi connectivity index (χ2n) is 1.80. The lowest BCUT2D eigenvalue weighted by Gasteiger charge is -1.90. The highest BCUT2D eigenvalue weighted by atomic mass is 16.1. The molecule has 0 amide bonds. The number of Topliss-reactive ketones (excluding diaryl/α,β-unsaturated/α-hetero) is 1. The fourth-order valence-corrected chi connectivity index (χ4v) is 0.545. The second kappa shape index (κ2) is 2.39. The summed E-state index contributed by atoms with van der Waals surface area (Å²) in [6.07, 6.45) is 3.20. The Morgan fingerprint density at radius 3 is 3.00 bits per heavy atom. The van der Waals surface area contributed by atoms with E-state index in [4.69, 9.17) is 0 Å². The summed E-state index contributed by atoms with van der Waals surface area (Å²) in [6, 6.07) is 0. The van der Waals surface area contributed by atoms with E-state index >= 15 is 0 Å². The van der Waals surface area contributed by atoms with Crippen molar-refractivity contribution >= 4 is 5.78 Å². The van der Waals surface area contributed by atoms with Crippen LogP contribution < -0.4 is 0 Å². The Labute approximate surface area is 52.5 Å². The molecule has 0 saturated carbocycles. The molecule has 1 aromatic heterocycles. The lowest BCUT2D eigenvalue weighted by molar-refractivity contribution is -0.117. The summed E-state index contributed by atoms with van der Waals surface area (Å²) in [5.74, 6) is 0.0838. The summed E-state index contributed by atoms with van der Waals surface area (Å²) in [7, 11) is 0. The van der Waals surface area contributed by atoms with Crippen molar-refractivity contribution in [3.8, 4) is 0 Å². The summed E-state index contributed by atoms with van der Waals surface area (Å²) < 4.78 is 1.49. The third-order valence-corrected chi connectivity index (χ3v) is 0.857. The van der Waals surface area contributed by atoms with Crippen molar-refractivity contribution in [3.63, 3.8) is 0 Å². The van der Waals surface area contributed by atoms with E-state index in [1.165, 1.54) is 11.6 Å². The first-order valence-corrected chi connectivity index (χ1v) is 2.62. The second-order valence-corrected chi connectivity index (χ2v) is 1.80. The van der Waals surface area contributed by atoms with Crippen LogP contribution in [0.2, 0.25) is 0 Å². The van der Waals surface area contributed by atoms with Crippen LogP contribution in [-0.4, -0.2) is 20.8 Å². The quantitative estimate of drug-likeness (QED) is 0.553. The van der Waals surface area contributed by atoms with E-state index in [1.54, 1.807) is 12.4 Å². The van der Waals surface area contributed by atoms with E-state index in [2.05, 4.69) is 10.3 Å². The Morgan fingerprint density at radius 2 is 2.56 bits per heavy atom. The van der Waals surface area contributed by atoms with Crippen molar-refractivity contribution in [1.82, 2.24) is 15.0 Å². The third-order valence-electron chi connectivity index (χ3n) is 0.857. The van der Waals surface area contributed by atoms with Crippen LogP contribution in [0.3, 0.4) is 0 Å². The zero-order valence-corrected chi connectivity index (χ0v) is 5.11. The van der Waals surface area contributed by atoms with E-state index in [9.17, 15) is 4.79 Å². The smallest absolute Gasteiger partial charge is 0.151 e. The van der Waals surface area contributed by atoms with Crippen molar-refractivity contribution in [2.45, 2.75) is 13.5 Å². The van der Waals surface area contributed by atoms with E-state index in [1.807, 2.05) is 0 Å². The Hall–Kier alpha value is -1.19. The molecule has 0 unspecified atom stereocenters. The number of rotatable bonds is 2. The van der Waals surface area contributed by atoms with Crippen molar-refractivity contribution in [2.75, 3.05) is 0 Å². The van der Waals surface area contributed by atoms with Gasteiger partial charge in [-0.2, -0.15) is 0 Å². The predicted molar refractivity (Wildman–Crippen MR) is 30.7 cm³/mol. The molecule has 0 aliphatic carbocycles. The van der Waals surface area contributed by atoms with Crippen LogP contribution in [0, 0.1) is 0 Å². The molecule has 0 atom stereocenters. The number of hydrogen-bond acceptors (Lipinski definition) is 3. The molecule has 0 fully saturated rings. The van der Waals surface area contributed by atoms with Gasteiger partial charge in [-0.15, -0.1) is 5.10 Å². The standard InChI is InChI=1S/C5H7N3O/c1-5(9)4-8-3-2-6-7-8/h2-3H,4H2,1H3. The van der Waals surface area contributed by atoms with Crippen LogP contribution in [-0.2, 0) is 11.3 Å². The van der Waals surface area contributed by atoms with Crippen LogP contribution >= 0.6 is 0 Å². The average Bonchev–Trinajstić information content (AvgIpc) is 2.15. The molecule has 4 nitrogen and oxygen atoms in total. The molecule has 0 N–H and O–H groups in total. The van der Waals surface area contributed by atoms with Crippen LogP contribution in [0.15, 0.2) is 12.4 Å². The van der Waals surface area contributed by atoms with Crippen LogP contribution in [0.4, 0.5) is 0 Å². The summed E-state index contributed by atoms with van der Waals surface area (Å²) in [6.45, 7) is 1.84. The van der Waals surface area contributed by atoms with Crippen LogP contribution in [0.5, 0.6) is 0 Å². The highest BCUT2D eigenvalue weighted by Crippen LogP contribution is 1.80. The maximum absolute atomic E-state index is 10.4. The highest BCUT2D eigenvalue weighted by molar-refractivity contribution is 5.75. The van der Waals surface area contributed by atoms with Gasteiger partial charge in [0.1, 0.15) is 6.54 Å². The van der Waals surface area contributed by atoms with Gasteiger partial charge in [0.05, 0.1) is 6.20 Å². The van der Waals surface area contributed by atoms with Gasteiger partial charge < -0.3 is 0 Å². The average molecular weight is 125 g/mol. The number of ketones is 1. The SMILES string of the molecule is CC(=O)Cn1ccnn1. The van der Waals surface area contributed by atoms with Gasteiger partial charge in [0.15, 0.2) is 5.78 Å². The Morgan fingerprint density at radius 1 is 1.78 bits per heavy atom. The number of carbonyl (C=O) groups excluding carboxylic acids is 1. The van der Waals surface area contributed by atoms with Gasteiger partial charge in [-0.05, 0) is 6.92 Å². The fraction of sp³-hybridized carbons (Fsp3) is 0.400. The highest BCUT2D eigenvalue weighted by Gasteiger charge is 1.93. The molecular weight excluding hydrogens is 118 g/mol. The van der Waals surface area contributed by atoms with E-state index in [-0.39, 0.29) is 5.78 Å². The van der Waals surface area contributed by atoms with E-state index in [0.717, 1.165) is 0 Å². The number of hydrogen-bond donors (Lipinski definition) is 0.